The lowest BCUT2D eigenvalue weighted by Crippen LogP contribution is -2.21. The normalized spacial score (nSPS) is 12.4. The SMILES string of the molecule is CNC(Cc1ccc(F)cc1C)c1c(F)cccc1Br. The summed E-state index contributed by atoms with van der Waals surface area (Å²) < 4.78 is 27.9. The molecule has 0 spiro atoms. The van der Waals surface area contributed by atoms with Crippen molar-refractivity contribution in [2.45, 2.75) is 19.4 Å². The molecule has 2 rings (SSSR count). The molecule has 0 aliphatic rings. The zero-order chi connectivity index (χ0) is 14.7. The molecule has 2 aromatic rings. The summed E-state index contributed by atoms with van der Waals surface area (Å²) in [5.41, 5.74) is 2.47. The Morgan fingerprint density at radius 1 is 1.20 bits per heavy atom. The lowest BCUT2D eigenvalue weighted by Gasteiger charge is -2.20. The predicted octanol–water partition coefficient (Wildman–Crippen LogP) is 4.54. The third-order valence-electron chi connectivity index (χ3n) is 3.43. The minimum atomic E-state index is -0.251. The smallest absolute Gasteiger partial charge is 0.129 e. The van der Waals surface area contributed by atoms with Crippen LogP contribution in [0.1, 0.15) is 22.7 Å². The molecule has 1 unspecified atom stereocenters. The minimum absolute atomic E-state index is 0.172. The van der Waals surface area contributed by atoms with Gasteiger partial charge in [-0.15, -0.1) is 0 Å². The van der Waals surface area contributed by atoms with E-state index < -0.39 is 0 Å². The maximum absolute atomic E-state index is 14.0. The first kappa shape index (κ1) is 15.1. The highest BCUT2D eigenvalue weighted by Gasteiger charge is 2.18. The summed E-state index contributed by atoms with van der Waals surface area (Å²) >= 11 is 3.39. The number of rotatable bonds is 4. The lowest BCUT2D eigenvalue weighted by atomic mass is 9.96. The average Bonchev–Trinajstić information content (AvgIpc) is 2.39. The third kappa shape index (κ3) is 3.25. The van der Waals surface area contributed by atoms with Crippen molar-refractivity contribution in [2.75, 3.05) is 7.05 Å². The summed E-state index contributed by atoms with van der Waals surface area (Å²) in [6.07, 6.45) is 0.599. The fourth-order valence-corrected chi connectivity index (χ4v) is 2.92. The quantitative estimate of drug-likeness (QED) is 0.862. The van der Waals surface area contributed by atoms with Crippen LogP contribution >= 0.6 is 15.9 Å². The number of aryl methyl sites for hydroxylation is 1. The Morgan fingerprint density at radius 3 is 2.55 bits per heavy atom. The molecule has 0 radical (unpaired) electrons. The summed E-state index contributed by atoms with van der Waals surface area (Å²) in [4.78, 5) is 0. The summed E-state index contributed by atoms with van der Waals surface area (Å²) in [6.45, 7) is 1.86. The van der Waals surface area contributed by atoms with E-state index >= 15 is 0 Å². The van der Waals surface area contributed by atoms with Gasteiger partial charge < -0.3 is 5.32 Å². The standard InChI is InChI=1S/C16H16BrF2N/c1-10-8-12(18)7-6-11(10)9-15(20-2)16-13(17)4-3-5-14(16)19/h3-8,15,20H,9H2,1-2H3. The molecule has 0 bridgehead atoms. The van der Waals surface area contributed by atoms with Crippen molar-refractivity contribution in [2.24, 2.45) is 0 Å². The van der Waals surface area contributed by atoms with Gasteiger partial charge in [0, 0.05) is 16.1 Å². The number of nitrogens with one attached hydrogen (secondary N) is 1. The lowest BCUT2D eigenvalue weighted by molar-refractivity contribution is 0.530. The van der Waals surface area contributed by atoms with E-state index in [9.17, 15) is 8.78 Å². The Bertz CT molecular complexity index is 593. The predicted molar refractivity (Wildman–Crippen MR) is 80.7 cm³/mol. The number of likely N-dealkylation sites (N-methyl/N-ethyl adjacent to an activating group) is 1. The van der Waals surface area contributed by atoms with E-state index in [0.717, 1.165) is 15.6 Å². The van der Waals surface area contributed by atoms with Crippen molar-refractivity contribution in [1.82, 2.24) is 5.32 Å². The van der Waals surface area contributed by atoms with Crippen LogP contribution in [0.25, 0.3) is 0 Å². The van der Waals surface area contributed by atoms with Gasteiger partial charge in [0.05, 0.1) is 0 Å². The second kappa shape index (κ2) is 6.46. The molecule has 1 atom stereocenters. The van der Waals surface area contributed by atoms with Crippen LogP contribution in [-0.4, -0.2) is 7.05 Å². The minimum Gasteiger partial charge on any atom is -0.313 e. The van der Waals surface area contributed by atoms with E-state index in [-0.39, 0.29) is 17.7 Å². The van der Waals surface area contributed by atoms with Crippen molar-refractivity contribution < 1.29 is 8.78 Å². The van der Waals surface area contributed by atoms with Crippen LogP contribution in [-0.2, 0) is 6.42 Å². The maximum Gasteiger partial charge on any atom is 0.129 e. The van der Waals surface area contributed by atoms with Crippen LogP contribution < -0.4 is 5.32 Å². The highest BCUT2D eigenvalue weighted by molar-refractivity contribution is 9.10. The first-order valence-corrected chi connectivity index (χ1v) is 7.18. The summed E-state index contributed by atoms with van der Waals surface area (Å²) in [5, 5.41) is 3.13. The number of hydrogen-bond acceptors (Lipinski definition) is 1. The molecule has 4 heteroatoms. The van der Waals surface area contributed by atoms with Crippen LogP contribution in [0.15, 0.2) is 40.9 Å². The van der Waals surface area contributed by atoms with Gasteiger partial charge in [-0.25, -0.2) is 8.78 Å². The topological polar surface area (TPSA) is 12.0 Å². The maximum atomic E-state index is 14.0. The van der Waals surface area contributed by atoms with Gasteiger partial charge in [0.25, 0.3) is 0 Å². The molecule has 106 valence electrons. The molecule has 2 aromatic carbocycles. The molecule has 0 fully saturated rings. The Labute approximate surface area is 126 Å². The first-order valence-electron chi connectivity index (χ1n) is 6.39. The molecule has 0 aromatic heterocycles. The molecule has 0 aliphatic heterocycles. The van der Waals surface area contributed by atoms with Gasteiger partial charge in [-0.3, -0.25) is 0 Å². The summed E-state index contributed by atoms with van der Waals surface area (Å²) in [7, 11) is 1.79. The average molecular weight is 340 g/mol. The van der Waals surface area contributed by atoms with Gasteiger partial charge in [0.15, 0.2) is 0 Å². The molecular formula is C16H16BrF2N. The van der Waals surface area contributed by atoms with Crippen LogP contribution in [0.5, 0.6) is 0 Å². The van der Waals surface area contributed by atoms with Crippen molar-refractivity contribution in [1.29, 1.82) is 0 Å². The van der Waals surface area contributed by atoms with Crippen molar-refractivity contribution in [3.05, 3.63) is 69.2 Å². The van der Waals surface area contributed by atoms with E-state index in [4.69, 9.17) is 0 Å². The van der Waals surface area contributed by atoms with Gasteiger partial charge in [-0.1, -0.05) is 28.1 Å². The Hall–Kier alpha value is -1.26. The molecule has 20 heavy (non-hydrogen) atoms. The fourth-order valence-electron chi connectivity index (χ4n) is 2.30. The Morgan fingerprint density at radius 2 is 1.95 bits per heavy atom. The third-order valence-corrected chi connectivity index (χ3v) is 4.12. The van der Waals surface area contributed by atoms with Gasteiger partial charge in [-0.2, -0.15) is 0 Å². The van der Waals surface area contributed by atoms with E-state index in [1.807, 2.05) is 13.0 Å². The van der Waals surface area contributed by atoms with Gasteiger partial charge in [0.1, 0.15) is 11.6 Å². The fraction of sp³-hybridized carbons (Fsp3) is 0.250. The molecule has 0 amide bonds. The number of halogens is 3. The van der Waals surface area contributed by atoms with Crippen molar-refractivity contribution >= 4 is 15.9 Å². The second-order valence-electron chi connectivity index (χ2n) is 4.75. The van der Waals surface area contributed by atoms with E-state index in [0.29, 0.717) is 12.0 Å². The van der Waals surface area contributed by atoms with Gasteiger partial charge >= 0.3 is 0 Å². The largest absolute Gasteiger partial charge is 0.313 e. The van der Waals surface area contributed by atoms with Gasteiger partial charge in [-0.05, 0) is 55.8 Å². The summed E-state index contributed by atoms with van der Waals surface area (Å²) in [6, 6.07) is 9.45. The first-order chi connectivity index (χ1) is 9.52. The molecule has 1 nitrogen and oxygen atoms in total. The number of benzene rings is 2. The zero-order valence-corrected chi connectivity index (χ0v) is 13.0. The Balaban J connectivity index is 2.34. The molecule has 0 saturated heterocycles. The highest BCUT2D eigenvalue weighted by Crippen LogP contribution is 2.29. The second-order valence-corrected chi connectivity index (χ2v) is 5.61. The molecule has 0 heterocycles. The molecule has 0 aliphatic carbocycles. The number of hydrogen-bond donors (Lipinski definition) is 1. The van der Waals surface area contributed by atoms with Crippen molar-refractivity contribution in [3.8, 4) is 0 Å². The summed E-state index contributed by atoms with van der Waals surface area (Å²) in [5.74, 6) is -0.502. The Kier molecular flexibility index (Phi) is 4.89. The van der Waals surface area contributed by atoms with Crippen LogP contribution in [0, 0.1) is 18.6 Å². The van der Waals surface area contributed by atoms with Gasteiger partial charge in [0.2, 0.25) is 0 Å². The van der Waals surface area contributed by atoms with Crippen LogP contribution in [0.3, 0.4) is 0 Å². The molecule has 0 saturated carbocycles. The molecule has 1 N–H and O–H groups in total. The van der Waals surface area contributed by atoms with E-state index in [1.165, 1.54) is 18.2 Å². The molecular weight excluding hydrogens is 324 g/mol. The highest BCUT2D eigenvalue weighted by atomic mass is 79.9. The van der Waals surface area contributed by atoms with E-state index in [1.54, 1.807) is 19.2 Å². The van der Waals surface area contributed by atoms with Crippen LogP contribution in [0.2, 0.25) is 0 Å². The van der Waals surface area contributed by atoms with Crippen molar-refractivity contribution in [3.63, 3.8) is 0 Å². The monoisotopic (exact) mass is 339 g/mol. The van der Waals surface area contributed by atoms with E-state index in [2.05, 4.69) is 21.2 Å². The van der Waals surface area contributed by atoms with Crippen LogP contribution in [0.4, 0.5) is 8.78 Å². The zero-order valence-electron chi connectivity index (χ0n) is 11.4.